The number of nitrogens with zero attached hydrogens (tertiary/aromatic N) is 3. The predicted molar refractivity (Wildman–Crippen MR) is 127 cm³/mol. The fourth-order valence-electron chi connectivity index (χ4n) is 3.24. The van der Waals surface area contributed by atoms with Crippen molar-refractivity contribution in [3.63, 3.8) is 0 Å². The number of nitrogens with one attached hydrogen (secondary N) is 2. The highest BCUT2D eigenvalue weighted by molar-refractivity contribution is 7.99. The molecule has 0 radical (unpaired) electrons. The number of hydrogen-bond acceptors (Lipinski definition) is 7. The first-order chi connectivity index (χ1) is 16.2. The van der Waals surface area contributed by atoms with Crippen molar-refractivity contribution in [1.29, 1.82) is 0 Å². The fraction of sp³-hybridized carbons (Fsp3) is 0.0833. The highest BCUT2D eigenvalue weighted by atomic mass is 32.2. The van der Waals surface area contributed by atoms with Crippen LogP contribution < -0.4 is 10.1 Å². The van der Waals surface area contributed by atoms with E-state index in [2.05, 4.69) is 25.5 Å². The lowest BCUT2D eigenvalue weighted by atomic mass is 10.1. The smallest absolute Gasteiger partial charge is 0.277 e. The van der Waals surface area contributed by atoms with Gasteiger partial charge in [0.05, 0.1) is 23.9 Å². The van der Waals surface area contributed by atoms with Crippen molar-refractivity contribution >= 4 is 34.4 Å². The Kier molecular flexibility index (Phi) is 5.77. The molecule has 0 unspecified atom stereocenters. The van der Waals surface area contributed by atoms with Gasteiger partial charge in [-0.25, -0.2) is 4.98 Å². The Bertz CT molecular complexity index is 1360. The van der Waals surface area contributed by atoms with Crippen molar-refractivity contribution in [2.75, 3.05) is 18.2 Å². The third-order valence-electron chi connectivity index (χ3n) is 4.90. The van der Waals surface area contributed by atoms with Crippen molar-refractivity contribution in [2.24, 2.45) is 0 Å². The predicted octanol–water partition coefficient (Wildman–Crippen LogP) is 5.02. The van der Waals surface area contributed by atoms with Gasteiger partial charge in [0.15, 0.2) is 0 Å². The number of carbonyl (C=O) groups excluding carboxylic acids is 1. The van der Waals surface area contributed by atoms with E-state index in [1.165, 1.54) is 11.8 Å². The summed E-state index contributed by atoms with van der Waals surface area (Å²) in [4.78, 5) is 20.1. The average Bonchev–Trinajstić information content (AvgIpc) is 3.51. The molecule has 0 bridgehead atoms. The van der Waals surface area contributed by atoms with Gasteiger partial charge in [-0.05, 0) is 48.5 Å². The molecule has 5 aromatic rings. The zero-order valence-corrected chi connectivity index (χ0v) is 18.4. The number of amides is 1. The van der Waals surface area contributed by atoms with E-state index in [0.29, 0.717) is 16.8 Å². The van der Waals surface area contributed by atoms with Gasteiger partial charge in [0.1, 0.15) is 11.6 Å². The van der Waals surface area contributed by atoms with Crippen LogP contribution in [0, 0.1) is 0 Å². The maximum Gasteiger partial charge on any atom is 0.277 e. The summed E-state index contributed by atoms with van der Waals surface area (Å²) < 4.78 is 10.8. The molecule has 1 amide bonds. The molecule has 164 valence electrons. The van der Waals surface area contributed by atoms with Crippen LogP contribution in [0.1, 0.15) is 0 Å². The summed E-state index contributed by atoms with van der Waals surface area (Å²) in [7, 11) is 1.60. The molecule has 0 atom stereocenters. The summed E-state index contributed by atoms with van der Waals surface area (Å²) in [5.41, 5.74) is 4.35. The maximum absolute atomic E-state index is 12.2. The molecule has 2 N–H and O–H groups in total. The lowest BCUT2D eigenvalue weighted by Gasteiger charge is -2.05. The number of H-pyrrole nitrogens is 1. The first-order valence-electron chi connectivity index (χ1n) is 10.1. The molecule has 33 heavy (non-hydrogen) atoms. The van der Waals surface area contributed by atoms with Crippen LogP contribution in [0.25, 0.3) is 33.9 Å². The molecule has 0 saturated carbocycles. The van der Waals surface area contributed by atoms with E-state index in [-0.39, 0.29) is 11.7 Å². The minimum absolute atomic E-state index is 0.151. The number of thioether (sulfide) groups is 1. The fourth-order valence-corrected chi connectivity index (χ4v) is 3.81. The number of methoxy groups -OCH3 is 1. The Morgan fingerprint density at radius 1 is 1.00 bits per heavy atom. The number of aromatic nitrogens is 4. The van der Waals surface area contributed by atoms with Gasteiger partial charge in [-0.15, -0.1) is 10.2 Å². The van der Waals surface area contributed by atoms with Crippen molar-refractivity contribution in [2.45, 2.75) is 5.22 Å². The van der Waals surface area contributed by atoms with Crippen LogP contribution in [0.15, 0.2) is 82.4 Å². The van der Waals surface area contributed by atoms with E-state index < -0.39 is 0 Å². The molecule has 9 heteroatoms. The number of fused-ring (bicyclic) bond motifs is 1. The SMILES string of the molecule is COc1ccc(NC(=O)CSc2nnc(-c3ccc(-c4nc5ccccc5[nH]4)cc3)o2)cc1. The zero-order valence-electron chi connectivity index (χ0n) is 17.6. The molecule has 0 fully saturated rings. The Morgan fingerprint density at radius 2 is 1.76 bits per heavy atom. The summed E-state index contributed by atoms with van der Waals surface area (Å²) in [6, 6.07) is 22.7. The van der Waals surface area contributed by atoms with Gasteiger partial charge in [-0.3, -0.25) is 4.79 Å². The van der Waals surface area contributed by atoms with Gasteiger partial charge in [-0.2, -0.15) is 0 Å². The standard InChI is InChI=1S/C24H19N5O3S/c1-31-18-12-10-17(11-13-18)25-21(30)14-33-24-29-28-23(32-24)16-8-6-15(7-9-16)22-26-19-4-2-3-5-20(19)27-22/h2-13H,14H2,1H3,(H,25,30)(H,26,27). The molecule has 3 aromatic carbocycles. The Morgan fingerprint density at radius 3 is 2.52 bits per heavy atom. The second-order valence-corrected chi connectivity index (χ2v) is 8.04. The number of ether oxygens (including phenoxy) is 1. The van der Waals surface area contributed by atoms with E-state index in [9.17, 15) is 4.79 Å². The molecule has 0 saturated heterocycles. The van der Waals surface area contributed by atoms with Crippen LogP contribution >= 0.6 is 11.8 Å². The first-order valence-corrected chi connectivity index (χ1v) is 11.1. The Balaban J connectivity index is 1.20. The van der Waals surface area contributed by atoms with Crippen LogP contribution in [-0.2, 0) is 4.79 Å². The van der Waals surface area contributed by atoms with Crippen molar-refractivity contribution in [3.05, 3.63) is 72.8 Å². The Labute approximate surface area is 193 Å². The number of benzene rings is 3. The van der Waals surface area contributed by atoms with E-state index in [1.807, 2.05) is 48.5 Å². The van der Waals surface area contributed by atoms with Crippen LogP contribution in [-0.4, -0.2) is 38.9 Å². The minimum Gasteiger partial charge on any atom is -0.497 e. The van der Waals surface area contributed by atoms with Crippen LogP contribution in [0.4, 0.5) is 5.69 Å². The lowest BCUT2D eigenvalue weighted by molar-refractivity contribution is -0.113. The number of imidazole rings is 1. The first kappa shape index (κ1) is 20.8. The van der Waals surface area contributed by atoms with Gasteiger partial charge < -0.3 is 19.5 Å². The summed E-state index contributed by atoms with van der Waals surface area (Å²) in [5, 5.41) is 11.3. The van der Waals surface area contributed by atoms with Crippen LogP contribution in [0.3, 0.4) is 0 Å². The van der Waals surface area contributed by atoms with Crippen LogP contribution in [0.2, 0.25) is 0 Å². The molecule has 0 aliphatic rings. The van der Waals surface area contributed by atoms with E-state index in [4.69, 9.17) is 9.15 Å². The molecule has 2 heterocycles. The van der Waals surface area contributed by atoms with Gasteiger partial charge in [-0.1, -0.05) is 36.0 Å². The number of carbonyl (C=O) groups is 1. The summed E-state index contributed by atoms with van der Waals surface area (Å²) >= 11 is 1.18. The monoisotopic (exact) mass is 457 g/mol. The highest BCUT2D eigenvalue weighted by Gasteiger charge is 2.12. The molecule has 0 aliphatic carbocycles. The normalized spacial score (nSPS) is 10.9. The quantitative estimate of drug-likeness (QED) is 0.331. The van der Waals surface area contributed by atoms with Gasteiger partial charge in [0.25, 0.3) is 5.22 Å². The molecule has 0 aliphatic heterocycles. The van der Waals surface area contributed by atoms with E-state index in [1.54, 1.807) is 31.4 Å². The molecular formula is C24H19N5O3S. The van der Waals surface area contributed by atoms with Crippen LogP contribution in [0.5, 0.6) is 5.75 Å². The average molecular weight is 458 g/mol. The zero-order chi connectivity index (χ0) is 22.6. The molecular weight excluding hydrogens is 438 g/mol. The second-order valence-electron chi connectivity index (χ2n) is 7.12. The second kappa shape index (κ2) is 9.17. The van der Waals surface area contributed by atoms with Gasteiger partial charge in [0, 0.05) is 16.8 Å². The highest BCUT2D eigenvalue weighted by Crippen LogP contribution is 2.26. The lowest BCUT2D eigenvalue weighted by Crippen LogP contribution is -2.13. The summed E-state index contributed by atoms with van der Waals surface area (Å²) in [6.45, 7) is 0. The topological polar surface area (TPSA) is 106 Å². The Hall–Kier alpha value is -4.11. The summed E-state index contributed by atoms with van der Waals surface area (Å²) in [5.74, 6) is 1.90. The largest absolute Gasteiger partial charge is 0.497 e. The van der Waals surface area contributed by atoms with Crippen molar-refractivity contribution < 1.29 is 13.9 Å². The number of hydrogen-bond donors (Lipinski definition) is 2. The van der Waals surface area contributed by atoms with Gasteiger partial charge in [0.2, 0.25) is 11.8 Å². The van der Waals surface area contributed by atoms with E-state index in [0.717, 1.165) is 33.7 Å². The maximum atomic E-state index is 12.2. The molecule has 0 spiro atoms. The minimum atomic E-state index is -0.167. The molecule has 2 aromatic heterocycles. The third-order valence-corrected chi connectivity index (χ3v) is 5.72. The van der Waals surface area contributed by atoms with Gasteiger partial charge >= 0.3 is 0 Å². The van der Waals surface area contributed by atoms with Crippen molar-refractivity contribution in [1.82, 2.24) is 20.2 Å². The number of para-hydroxylation sites is 2. The molecule has 8 nitrogen and oxygen atoms in total. The van der Waals surface area contributed by atoms with E-state index >= 15 is 0 Å². The number of rotatable bonds is 7. The van der Waals surface area contributed by atoms with Crippen molar-refractivity contribution in [3.8, 4) is 28.6 Å². The number of aromatic amines is 1. The number of anilines is 1. The molecule has 5 rings (SSSR count). The third kappa shape index (κ3) is 4.73. The summed E-state index contributed by atoms with van der Waals surface area (Å²) in [6.07, 6.45) is 0.